The predicted molar refractivity (Wildman–Crippen MR) is 69.0 cm³/mol. The molecule has 94 valence electrons. The van der Waals surface area contributed by atoms with E-state index in [0.717, 1.165) is 11.1 Å². The quantitative estimate of drug-likeness (QED) is 0.839. The number of aliphatic hydroxyl groups excluding tert-OH is 1. The maximum absolute atomic E-state index is 9.97. The van der Waals surface area contributed by atoms with Crippen molar-refractivity contribution in [2.45, 2.75) is 12.6 Å². The normalized spacial score (nSPS) is 12.1. The zero-order valence-corrected chi connectivity index (χ0v) is 9.99. The van der Waals surface area contributed by atoms with Gasteiger partial charge in [-0.15, -0.1) is 0 Å². The maximum Gasteiger partial charge on any atom is 0.137 e. The minimum atomic E-state index is -0.656. The van der Waals surface area contributed by atoms with Crippen molar-refractivity contribution in [2.24, 2.45) is 5.73 Å². The number of aromatic nitrogens is 1. The first kappa shape index (κ1) is 12.5. The van der Waals surface area contributed by atoms with Crippen LogP contribution in [0.15, 0.2) is 48.8 Å². The van der Waals surface area contributed by atoms with Gasteiger partial charge in [0.05, 0.1) is 6.20 Å². The van der Waals surface area contributed by atoms with E-state index in [0.29, 0.717) is 12.3 Å². The first-order chi connectivity index (χ1) is 8.79. The zero-order chi connectivity index (χ0) is 12.8. The summed E-state index contributed by atoms with van der Waals surface area (Å²) < 4.78 is 5.44. The van der Waals surface area contributed by atoms with Gasteiger partial charge in [0.1, 0.15) is 18.5 Å². The molecule has 0 radical (unpaired) electrons. The molecule has 0 saturated carbocycles. The van der Waals surface area contributed by atoms with Crippen LogP contribution in [0.4, 0.5) is 0 Å². The van der Waals surface area contributed by atoms with Crippen LogP contribution in [0.5, 0.6) is 5.75 Å². The highest BCUT2D eigenvalue weighted by Crippen LogP contribution is 2.16. The molecular weight excluding hydrogens is 228 g/mol. The van der Waals surface area contributed by atoms with Crippen molar-refractivity contribution in [3.8, 4) is 5.75 Å². The second kappa shape index (κ2) is 6.14. The number of aliphatic hydroxyl groups is 1. The predicted octanol–water partition coefficient (Wildman–Crippen LogP) is 1.65. The summed E-state index contributed by atoms with van der Waals surface area (Å²) in [5.74, 6) is 0.648. The number of hydrogen-bond donors (Lipinski definition) is 2. The van der Waals surface area contributed by atoms with Gasteiger partial charge in [0, 0.05) is 12.7 Å². The van der Waals surface area contributed by atoms with E-state index in [-0.39, 0.29) is 6.61 Å². The Bertz CT molecular complexity index is 471. The highest BCUT2D eigenvalue weighted by Gasteiger charge is 2.08. The zero-order valence-electron chi connectivity index (χ0n) is 9.99. The fourth-order valence-electron chi connectivity index (χ4n) is 1.58. The number of rotatable bonds is 5. The lowest BCUT2D eigenvalue weighted by Crippen LogP contribution is -2.10. The molecule has 0 saturated heterocycles. The molecule has 1 unspecified atom stereocenters. The van der Waals surface area contributed by atoms with Crippen LogP contribution in [0.2, 0.25) is 0 Å². The van der Waals surface area contributed by atoms with Crippen LogP contribution in [0.1, 0.15) is 17.2 Å². The molecule has 1 heterocycles. The molecule has 0 aliphatic carbocycles. The van der Waals surface area contributed by atoms with Crippen molar-refractivity contribution in [1.82, 2.24) is 4.98 Å². The summed E-state index contributed by atoms with van der Waals surface area (Å²) in [6, 6.07) is 11.1. The van der Waals surface area contributed by atoms with Crippen LogP contribution in [0.25, 0.3) is 0 Å². The molecule has 0 spiro atoms. The lowest BCUT2D eigenvalue weighted by atomic mass is 10.1. The smallest absolute Gasteiger partial charge is 0.137 e. The molecule has 3 N–H and O–H groups in total. The van der Waals surface area contributed by atoms with E-state index < -0.39 is 6.10 Å². The van der Waals surface area contributed by atoms with Crippen LogP contribution >= 0.6 is 0 Å². The Morgan fingerprint density at radius 1 is 1.22 bits per heavy atom. The Balaban J connectivity index is 1.93. The first-order valence-electron chi connectivity index (χ1n) is 5.79. The average molecular weight is 244 g/mol. The van der Waals surface area contributed by atoms with Gasteiger partial charge >= 0.3 is 0 Å². The largest absolute Gasteiger partial charge is 0.489 e. The topological polar surface area (TPSA) is 68.4 Å². The number of nitrogens with two attached hydrogens (primary N) is 1. The summed E-state index contributed by atoms with van der Waals surface area (Å²) in [7, 11) is 0. The van der Waals surface area contributed by atoms with Gasteiger partial charge in [-0.05, 0) is 23.3 Å². The molecule has 0 amide bonds. The molecule has 18 heavy (non-hydrogen) atoms. The second-order valence-electron chi connectivity index (χ2n) is 3.96. The van der Waals surface area contributed by atoms with Crippen LogP contribution in [0, 0.1) is 0 Å². The van der Waals surface area contributed by atoms with E-state index in [1.54, 1.807) is 24.5 Å². The average Bonchev–Trinajstić information content (AvgIpc) is 2.46. The minimum Gasteiger partial charge on any atom is -0.489 e. The molecule has 0 aliphatic rings. The fourth-order valence-corrected chi connectivity index (χ4v) is 1.58. The van der Waals surface area contributed by atoms with Crippen LogP contribution in [0.3, 0.4) is 0 Å². The third-order valence-corrected chi connectivity index (χ3v) is 2.64. The van der Waals surface area contributed by atoms with Crippen molar-refractivity contribution in [3.05, 3.63) is 59.9 Å². The number of benzene rings is 1. The molecule has 0 bridgehead atoms. The number of hydrogen-bond acceptors (Lipinski definition) is 4. The monoisotopic (exact) mass is 244 g/mol. The Morgan fingerprint density at radius 2 is 2.00 bits per heavy atom. The lowest BCUT2D eigenvalue weighted by Gasteiger charge is -2.12. The van der Waals surface area contributed by atoms with Gasteiger partial charge in [0.15, 0.2) is 0 Å². The lowest BCUT2D eigenvalue weighted by molar-refractivity contribution is 0.108. The Morgan fingerprint density at radius 3 is 2.61 bits per heavy atom. The summed E-state index contributed by atoms with van der Waals surface area (Å²) in [4.78, 5) is 3.94. The van der Waals surface area contributed by atoms with Crippen LogP contribution in [-0.2, 0) is 6.54 Å². The number of nitrogens with zero attached hydrogens (tertiary/aromatic N) is 1. The van der Waals surface area contributed by atoms with Crippen molar-refractivity contribution in [3.63, 3.8) is 0 Å². The van der Waals surface area contributed by atoms with Gasteiger partial charge in [-0.2, -0.15) is 0 Å². The van der Waals surface area contributed by atoms with Gasteiger partial charge in [-0.25, -0.2) is 0 Å². The van der Waals surface area contributed by atoms with E-state index in [9.17, 15) is 5.11 Å². The highest BCUT2D eigenvalue weighted by atomic mass is 16.5. The second-order valence-corrected chi connectivity index (χ2v) is 3.96. The molecule has 1 aromatic carbocycles. The molecule has 0 aliphatic heterocycles. The van der Waals surface area contributed by atoms with Crippen molar-refractivity contribution < 1.29 is 9.84 Å². The molecule has 1 aromatic heterocycles. The minimum absolute atomic E-state index is 0.202. The fraction of sp³-hybridized carbons (Fsp3) is 0.214. The molecule has 4 nitrogen and oxygen atoms in total. The van der Waals surface area contributed by atoms with E-state index >= 15 is 0 Å². The van der Waals surface area contributed by atoms with Crippen LogP contribution in [-0.4, -0.2) is 16.7 Å². The van der Waals surface area contributed by atoms with Gasteiger partial charge in [-0.1, -0.05) is 24.3 Å². The van der Waals surface area contributed by atoms with E-state index in [1.807, 2.05) is 24.3 Å². The molecule has 2 rings (SSSR count). The van der Waals surface area contributed by atoms with E-state index in [4.69, 9.17) is 10.5 Å². The molecule has 4 heteroatoms. The van der Waals surface area contributed by atoms with Crippen molar-refractivity contribution >= 4 is 0 Å². The molecule has 2 aromatic rings. The summed E-state index contributed by atoms with van der Waals surface area (Å²) in [5.41, 5.74) is 7.37. The standard InChI is InChI=1S/C14H16N2O2/c15-8-11-3-5-12(6-4-11)14(17)10-18-13-2-1-7-16-9-13/h1-7,9,14,17H,8,10,15H2. The SMILES string of the molecule is NCc1ccc(C(O)COc2cccnc2)cc1. The third kappa shape index (κ3) is 3.29. The van der Waals surface area contributed by atoms with Gasteiger partial charge in [-0.3, -0.25) is 4.98 Å². The number of ether oxygens (including phenoxy) is 1. The van der Waals surface area contributed by atoms with Crippen molar-refractivity contribution in [2.75, 3.05) is 6.61 Å². The maximum atomic E-state index is 9.97. The van der Waals surface area contributed by atoms with E-state index in [1.165, 1.54) is 0 Å². The summed E-state index contributed by atoms with van der Waals surface area (Å²) in [5, 5.41) is 9.97. The first-order valence-corrected chi connectivity index (χ1v) is 5.79. The third-order valence-electron chi connectivity index (χ3n) is 2.64. The molecule has 0 fully saturated rings. The molecule has 1 atom stereocenters. The van der Waals surface area contributed by atoms with Gasteiger partial charge in [0.25, 0.3) is 0 Å². The Hall–Kier alpha value is -1.91. The highest BCUT2D eigenvalue weighted by molar-refractivity contribution is 5.24. The number of pyridine rings is 1. The van der Waals surface area contributed by atoms with Crippen molar-refractivity contribution in [1.29, 1.82) is 0 Å². The van der Waals surface area contributed by atoms with Gasteiger partial charge < -0.3 is 15.6 Å². The Kier molecular flexibility index (Phi) is 4.28. The summed E-state index contributed by atoms with van der Waals surface area (Å²) >= 11 is 0. The van der Waals surface area contributed by atoms with Gasteiger partial charge in [0.2, 0.25) is 0 Å². The summed E-state index contributed by atoms with van der Waals surface area (Å²) in [6.45, 7) is 0.705. The molecular formula is C14H16N2O2. The summed E-state index contributed by atoms with van der Waals surface area (Å²) in [6.07, 6.45) is 2.64. The van der Waals surface area contributed by atoms with E-state index in [2.05, 4.69) is 4.98 Å². The van der Waals surface area contributed by atoms with Crippen LogP contribution < -0.4 is 10.5 Å². The Labute approximate surface area is 106 Å².